The van der Waals surface area contributed by atoms with Crippen molar-refractivity contribution in [3.8, 4) is 0 Å². The van der Waals surface area contributed by atoms with Crippen LogP contribution in [0.5, 0.6) is 0 Å². The van der Waals surface area contributed by atoms with Gasteiger partial charge >= 0.3 is 33.3 Å². The summed E-state index contributed by atoms with van der Waals surface area (Å²) in [4.78, 5) is 54.4. The Hall–Kier alpha value is -2.23. The lowest BCUT2D eigenvalue weighted by Gasteiger charge is -2.65. The molecule has 0 amide bonds. The number of halogens is 2. The average Bonchev–Trinajstić information content (AvgIpc) is 3.12. The zero-order valence-corrected chi connectivity index (χ0v) is 32.0. The molecular weight excluding hydrogens is 742 g/mol. The lowest BCUT2D eigenvalue weighted by atomic mass is 9.47. The second-order valence-electron chi connectivity index (χ2n) is 20.5. The summed E-state index contributed by atoms with van der Waals surface area (Å²) in [6.07, 6.45) is 11.8. The van der Waals surface area contributed by atoms with Gasteiger partial charge in [-0.3, -0.25) is 23.7 Å². The third kappa shape index (κ3) is 5.72. The van der Waals surface area contributed by atoms with E-state index >= 15 is 0 Å². The van der Waals surface area contributed by atoms with Crippen LogP contribution in [0.25, 0.3) is 0 Å². The first-order chi connectivity index (χ1) is 25.9. The molecule has 1 spiro atoms. The summed E-state index contributed by atoms with van der Waals surface area (Å²) in [7, 11) is -5.76. The zero-order valence-electron chi connectivity index (χ0n) is 31.1. The summed E-state index contributed by atoms with van der Waals surface area (Å²) < 4.78 is 90.2. The molecule has 1 aliphatic heterocycles. The summed E-state index contributed by atoms with van der Waals surface area (Å²) in [6.45, 7) is -1.76. The molecule has 0 aromatic carbocycles. The van der Waals surface area contributed by atoms with Crippen molar-refractivity contribution in [1.29, 1.82) is 0 Å². The molecule has 13 fully saturated rings. The third-order valence-corrected chi connectivity index (χ3v) is 17.5. The van der Waals surface area contributed by atoms with Crippen LogP contribution in [0.2, 0.25) is 0 Å². The molecule has 55 heavy (non-hydrogen) atoms. The van der Waals surface area contributed by atoms with Crippen LogP contribution in [0.4, 0.5) is 8.78 Å². The molecule has 13 rings (SSSR count). The Kier molecular flexibility index (Phi) is 8.19. The van der Waals surface area contributed by atoms with Crippen molar-refractivity contribution in [3.05, 3.63) is 0 Å². The monoisotopic (exact) mass is 794 g/mol. The molecule has 1 N–H and O–H groups in total. The number of rotatable bonds is 10. The van der Waals surface area contributed by atoms with Crippen molar-refractivity contribution in [2.24, 2.45) is 74.9 Å². The van der Waals surface area contributed by atoms with Gasteiger partial charge in [-0.05, 0) is 132 Å². The molecule has 12 bridgehead atoms. The minimum atomic E-state index is -5.76. The van der Waals surface area contributed by atoms with Crippen LogP contribution in [0.1, 0.15) is 103 Å². The fraction of sp³-hybridized carbons (Fsp3) is 0.900. The minimum Gasteiger partial charge on any atom is -0.464 e. The highest BCUT2D eigenvalue weighted by Crippen LogP contribution is 2.67. The Morgan fingerprint density at radius 2 is 1.04 bits per heavy atom. The fourth-order valence-electron chi connectivity index (χ4n) is 14.9. The molecular formula is C40H52F2O12S. The van der Waals surface area contributed by atoms with Gasteiger partial charge in [0.15, 0.2) is 12.4 Å². The van der Waals surface area contributed by atoms with Crippen LogP contribution >= 0.6 is 0 Å². The van der Waals surface area contributed by atoms with E-state index in [4.69, 9.17) is 28.2 Å². The SMILES string of the molecule is O=C1C2CC3CC1CC(C(=O)OCC1(COC(=O)C45CC6CC(CC(C6)C4)C5)COC4(OC1)C1CC5CC4CC(C(=O)OCC(F)(F)S(=O)(=O)O)(C5)C1)(C3)C2. The van der Waals surface area contributed by atoms with Crippen molar-refractivity contribution in [1.82, 2.24) is 0 Å². The Morgan fingerprint density at radius 3 is 1.51 bits per heavy atom. The lowest BCUT2D eigenvalue weighted by molar-refractivity contribution is -0.391. The molecule has 0 radical (unpaired) electrons. The topological polar surface area (TPSA) is 169 Å². The summed E-state index contributed by atoms with van der Waals surface area (Å²) in [5.41, 5.74) is -3.27. The molecule has 4 unspecified atom stereocenters. The molecule has 0 aromatic heterocycles. The molecule has 304 valence electrons. The van der Waals surface area contributed by atoms with Crippen LogP contribution in [0.3, 0.4) is 0 Å². The predicted octanol–water partition coefficient (Wildman–Crippen LogP) is 5.26. The van der Waals surface area contributed by atoms with Crippen molar-refractivity contribution < 1.29 is 64.6 Å². The highest BCUT2D eigenvalue weighted by atomic mass is 32.2. The standard InChI is InChI=1S/C40H52F2O12S/c41-39(42,55(47,48)49)21-52-34(46)38-12-26-6-29(15-38)40(30(7-26)16-38)53-19-35(20-54-40,17-50-32(44)36-8-22-1-23(9-36)3-24(2-22)10-36)18-51-33(45)37-11-25-4-27(13-37)31(43)28(5-25)14-37/h22-30H,1-21H2,(H,47,48,49). The van der Waals surface area contributed by atoms with Gasteiger partial charge in [-0.2, -0.15) is 17.2 Å². The Bertz CT molecular complexity index is 1710. The first-order valence-electron chi connectivity index (χ1n) is 20.6. The van der Waals surface area contributed by atoms with Gasteiger partial charge in [0.25, 0.3) is 0 Å². The van der Waals surface area contributed by atoms with E-state index in [1.807, 2.05) is 0 Å². The normalized spacial score (nSPS) is 48.7. The Morgan fingerprint density at radius 1 is 0.636 bits per heavy atom. The van der Waals surface area contributed by atoms with E-state index in [9.17, 15) is 36.4 Å². The lowest BCUT2D eigenvalue weighted by Crippen LogP contribution is -2.68. The second-order valence-corrected chi connectivity index (χ2v) is 22.0. The largest absolute Gasteiger partial charge is 0.464 e. The summed E-state index contributed by atoms with van der Waals surface area (Å²) >= 11 is 0. The van der Waals surface area contributed by atoms with E-state index < -0.39 is 55.4 Å². The number of ether oxygens (including phenoxy) is 5. The summed E-state index contributed by atoms with van der Waals surface area (Å²) in [5.74, 6) is -0.860. The number of carbonyl (C=O) groups excluding carboxylic acids is 4. The number of alkyl halides is 2. The predicted molar refractivity (Wildman–Crippen MR) is 184 cm³/mol. The van der Waals surface area contributed by atoms with E-state index in [1.165, 1.54) is 19.3 Å². The number of Topliss-reactive ketones (excluding diaryl/α,β-unsaturated/α-hetero) is 1. The van der Waals surface area contributed by atoms with E-state index in [0.29, 0.717) is 55.8 Å². The number of esters is 3. The smallest absolute Gasteiger partial charge is 0.402 e. The molecule has 1 heterocycles. The van der Waals surface area contributed by atoms with E-state index in [1.54, 1.807) is 0 Å². The highest BCUT2D eigenvalue weighted by molar-refractivity contribution is 7.86. The third-order valence-electron chi connectivity index (χ3n) is 16.6. The molecule has 4 atom stereocenters. The first-order valence-corrected chi connectivity index (χ1v) is 22.1. The quantitative estimate of drug-likeness (QED) is 0.173. The van der Waals surface area contributed by atoms with Gasteiger partial charge in [-0.15, -0.1) is 0 Å². The van der Waals surface area contributed by atoms with Gasteiger partial charge in [-0.1, -0.05) is 0 Å². The van der Waals surface area contributed by atoms with Crippen LogP contribution in [0, 0.1) is 74.9 Å². The van der Waals surface area contributed by atoms with Gasteiger partial charge < -0.3 is 23.7 Å². The zero-order chi connectivity index (χ0) is 38.4. The molecule has 1 saturated heterocycles. The van der Waals surface area contributed by atoms with Crippen LogP contribution in [0.15, 0.2) is 0 Å². The van der Waals surface area contributed by atoms with Gasteiger partial charge in [0.05, 0.1) is 34.9 Å². The summed E-state index contributed by atoms with van der Waals surface area (Å²) in [6, 6.07) is 0. The van der Waals surface area contributed by atoms with Crippen molar-refractivity contribution in [2.75, 3.05) is 33.0 Å². The van der Waals surface area contributed by atoms with Crippen molar-refractivity contribution >= 4 is 33.8 Å². The number of carbonyl (C=O) groups is 4. The molecule has 12 nitrogen and oxygen atoms in total. The Balaban J connectivity index is 0.858. The number of hydrogen-bond donors (Lipinski definition) is 1. The first kappa shape index (κ1) is 37.1. The fourth-order valence-corrected chi connectivity index (χ4v) is 15.2. The van der Waals surface area contributed by atoms with Crippen molar-refractivity contribution in [2.45, 2.75) is 114 Å². The van der Waals surface area contributed by atoms with E-state index in [-0.39, 0.29) is 86.6 Å². The molecule has 15 heteroatoms. The maximum Gasteiger partial charge on any atom is 0.402 e. The van der Waals surface area contributed by atoms with Gasteiger partial charge in [-0.25, -0.2) is 0 Å². The molecule has 12 saturated carbocycles. The Labute approximate surface area is 319 Å². The van der Waals surface area contributed by atoms with Gasteiger partial charge in [0, 0.05) is 23.7 Å². The van der Waals surface area contributed by atoms with Gasteiger partial charge in [0.2, 0.25) is 0 Å². The average molecular weight is 795 g/mol. The van der Waals surface area contributed by atoms with Gasteiger partial charge in [0.1, 0.15) is 19.0 Å². The number of hydrogen-bond acceptors (Lipinski definition) is 11. The van der Waals surface area contributed by atoms with Crippen LogP contribution in [-0.2, 0) is 53.0 Å². The van der Waals surface area contributed by atoms with E-state index in [0.717, 1.165) is 38.5 Å². The maximum absolute atomic E-state index is 14.1. The molecule has 0 aromatic rings. The second kappa shape index (κ2) is 12.2. The van der Waals surface area contributed by atoms with Crippen LogP contribution < -0.4 is 0 Å². The van der Waals surface area contributed by atoms with E-state index in [2.05, 4.69) is 0 Å². The highest BCUT2D eigenvalue weighted by Gasteiger charge is 2.69. The minimum absolute atomic E-state index is 0.0491. The van der Waals surface area contributed by atoms with Crippen molar-refractivity contribution in [3.63, 3.8) is 0 Å². The van der Waals surface area contributed by atoms with Crippen LogP contribution in [-0.4, -0.2) is 80.7 Å². The molecule has 12 aliphatic carbocycles. The number of ketones is 1. The molecule has 13 aliphatic rings. The maximum atomic E-state index is 14.1. The summed E-state index contributed by atoms with van der Waals surface area (Å²) in [5, 5.41) is -4.62.